The molecule has 1 aliphatic rings. The number of hydrogen-bond acceptors (Lipinski definition) is 3. The van der Waals surface area contributed by atoms with E-state index in [1.165, 1.54) is 0 Å². The molecule has 0 aliphatic carbocycles. The van der Waals surface area contributed by atoms with Crippen LogP contribution in [-0.4, -0.2) is 42.6 Å². The summed E-state index contributed by atoms with van der Waals surface area (Å²) >= 11 is 0. The maximum atomic E-state index is 12.8. The Kier molecular flexibility index (Phi) is 4.04. The minimum atomic E-state index is -0.294. The lowest BCUT2D eigenvalue weighted by atomic mass is 10.0. The molecule has 110 valence electrons. The first-order valence-electron chi connectivity index (χ1n) is 7.08. The highest BCUT2D eigenvalue weighted by Crippen LogP contribution is 2.25. The van der Waals surface area contributed by atoms with Crippen LogP contribution in [0.5, 0.6) is 0 Å². The number of aryl methyl sites for hydroxylation is 1. The fourth-order valence-electron chi connectivity index (χ4n) is 2.83. The molecule has 20 heavy (non-hydrogen) atoms. The summed E-state index contributed by atoms with van der Waals surface area (Å²) in [4.78, 5) is 14.6. The summed E-state index contributed by atoms with van der Waals surface area (Å²) in [5, 5.41) is 3.11. The average molecular weight is 276 g/mol. The van der Waals surface area contributed by atoms with Gasteiger partial charge in [-0.3, -0.25) is 4.79 Å². The summed E-state index contributed by atoms with van der Waals surface area (Å²) in [6.07, 6.45) is 0.0613. The number of carbonyl (C=O) groups is 1. The highest BCUT2D eigenvalue weighted by molar-refractivity contribution is 5.99. The van der Waals surface area contributed by atoms with E-state index >= 15 is 0 Å². The Morgan fingerprint density at radius 1 is 1.45 bits per heavy atom. The minimum absolute atomic E-state index is 0.0613. The normalized spacial score (nSPS) is 21.6. The van der Waals surface area contributed by atoms with Crippen LogP contribution in [0, 0.1) is 6.92 Å². The molecule has 1 aromatic rings. The van der Waals surface area contributed by atoms with Gasteiger partial charge in [0.2, 0.25) is 0 Å². The zero-order chi connectivity index (χ0) is 14.9. The van der Waals surface area contributed by atoms with Gasteiger partial charge in [0, 0.05) is 25.8 Å². The Balaban J connectivity index is 2.27. The minimum Gasteiger partial charge on any atom is -0.387 e. The monoisotopic (exact) mass is 276 g/mol. The van der Waals surface area contributed by atoms with Crippen LogP contribution in [0.4, 0.5) is 5.69 Å². The summed E-state index contributed by atoms with van der Waals surface area (Å²) in [6.45, 7) is 9.34. The van der Waals surface area contributed by atoms with Crippen LogP contribution >= 0.6 is 0 Å². The Morgan fingerprint density at radius 2 is 2.15 bits per heavy atom. The van der Waals surface area contributed by atoms with Crippen molar-refractivity contribution in [1.29, 1.82) is 0 Å². The average Bonchev–Trinajstić information content (AvgIpc) is 2.35. The second-order valence-corrected chi connectivity index (χ2v) is 6.17. The maximum absolute atomic E-state index is 12.8. The number of anilines is 1. The van der Waals surface area contributed by atoms with Crippen LogP contribution in [0.2, 0.25) is 0 Å². The third kappa shape index (κ3) is 3.12. The van der Waals surface area contributed by atoms with Gasteiger partial charge in [0.25, 0.3) is 5.91 Å². The molecule has 1 N–H and O–H groups in total. The lowest BCUT2D eigenvalue weighted by molar-refractivity contribution is -0.118. The van der Waals surface area contributed by atoms with E-state index in [1.54, 1.807) is 0 Å². The van der Waals surface area contributed by atoms with Gasteiger partial charge in [0.1, 0.15) is 0 Å². The van der Waals surface area contributed by atoms with Gasteiger partial charge < -0.3 is 15.0 Å². The number of nitrogens with zero attached hydrogens (tertiary/aromatic N) is 1. The summed E-state index contributed by atoms with van der Waals surface area (Å²) < 4.78 is 5.86. The standard InChI is InChI=1S/C16H24N2O2/c1-11-6-7-13(14(8-11)17-5)15(19)18-9-12(2)20-16(3,4)10-18/h6-8,12,17H,9-10H2,1-5H3. The summed E-state index contributed by atoms with van der Waals surface area (Å²) in [5.41, 5.74) is 2.45. The van der Waals surface area contributed by atoms with E-state index in [1.807, 2.05) is 57.8 Å². The fourth-order valence-corrected chi connectivity index (χ4v) is 2.83. The largest absolute Gasteiger partial charge is 0.387 e. The van der Waals surface area contributed by atoms with Crippen LogP contribution in [0.3, 0.4) is 0 Å². The molecule has 1 unspecified atom stereocenters. The topological polar surface area (TPSA) is 41.6 Å². The van der Waals surface area contributed by atoms with E-state index < -0.39 is 0 Å². The summed E-state index contributed by atoms with van der Waals surface area (Å²) in [6, 6.07) is 5.88. The van der Waals surface area contributed by atoms with Crippen LogP contribution < -0.4 is 5.32 Å². The van der Waals surface area contributed by atoms with E-state index in [4.69, 9.17) is 4.74 Å². The van der Waals surface area contributed by atoms with Crippen molar-refractivity contribution < 1.29 is 9.53 Å². The first-order valence-corrected chi connectivity index (χ1v) is 7.08. The zero-order valence-electron chi connectivity index (χ0n) is 13.0. The Bertz CT molecular complexity index is 511. The van der Waals surface area contributed by atoms with Gasteiger partial charge in [0.15, 0.2) is 0 Å². The molecule has 0 saturated carbocycles. The number of hydrogen-bond donors (Lipinski definition) is 1. The van der Waals surface area contributed by atoms with Crippen molar-refractivity contribution in [1.82, 2.24) is 4.90 Å². The SMILES string of the molecule is CNc1cc(C)ccc1C(=O)N1CC(C)OC(C)(C)C1. The lowest BCUT2D eigenvalue weighted by Crippen LogP contribution is -2.53. The molecule has 1 heterocycles. The smallest absolute Gasteiger partial charge is 0.256 e. The molecule has 1 saturated heterocycles. The van der Waals surface area contributed by atoms with Crippen LogP contribution in [0.15, 0.2) is 18.2 Å². The Morgan fingerprint density at radius 3 is 2.75 bits per heavy atom. The van der Waals surface area contributed by atoms with Crippen LogP contribution in [0.1, 0.15) is 36.7 Å². The predicted molar refractivity (Wildman–Crippen MR) is 81.3 cm³/mol. The van der Waals surface area contributed by atoms with Crippen molar-refractivity contribution in [2.24, 2.45) is 0 Å². The number of nitrogens with one attached hydrogen (secondary N) is 1. The molecule has 1 amide bonds. The van der Waals surface area contributed by atoms with Crippen molar-refractivity contribution in [3.63, 3.8) is 0 Å². The van der Waals surface area contributed by atoms with Gasteiger partial charge in [-0.2, -0.15) is 0 Å². The van der Waals surface area contributed by atoms with Crippen LogP contribution in [-0.2, 0) is 4.74 Å². The number of morpholine rings is 1. The van der Waals surface area contributed by atoms with Gasteiger partial charge in [-0.25, -0.2) is 0 Å². The van der Waals surface area contributed by atoms with Crippen molar-refractivity contribution in [3.8, 4) is 0 Å². The second-order valence-electron chi connectivity index (χ2n) is 6.17. The molecule has 1 aliphatic heterocycles. The Hall–Kier alpha value is -1.55. The van der Waals surface area contributed by atoms with E-state index in [0.717, 1.165) is 16.8 Å². The number of benzene rings is 1. The number of carbonyl (C=O) groups excluding carboxylic acids is 1. The molecule has 2 rings (SSSR count). The molecular weight excluding hydrogens is 252 g/mol. The predicted octanol–water partition coefficient (Wildman–Crippen LogP) is 2.68. The molecule has 0 radical (unpaired) electrons. The molecule has 4 heteroatoms. The van der Waals surface area contributed by atoms with E-state index in [9.17, 15) is 4.79 Å². The second kappa shape index (κ2) is 5.44. The summed E-state index contributed by atoms with van der Waals surface area (Å²) in [5.74, 6) is 0.0672. The fraction of sp³-hybridized carbons (Fsp3) is 0.562. The highest BCUT2D eigenvalue weighted by atomic mass is 16.5. The number of amides is 1. The van der Waals surface area contributed by atoms with Gasteiger partial charge in [-0.05, 0) is 45.4 Å². The third-order valence-corrected chi connectivity index (χ3v) is 3.53. The molecule has 1 fully saturated rings. The molecule has 1 aromatic carbocycles. The van der Waals surface area contributed by atoms with Gasteiger partial charge in [0.05, 0.1) is 17.3 Å². The van der Waals surface area contributed by atoms with E-state index in [0.29, 0.717) is 13.1 Å². The molecule has 0 aromatic heterocycles. The molecule has 4 nitrogen and oxygen atoms in total. The third-order valence-electron chi connectivity index (χ3n) is 3.53. The van der Waals surface area contributed by atoms with Gasteiger partial charge >= 0.3 is 0 Å². The number of rotatable bonds is 2. The molecule has 0 bridgehead atoms. The molecular formula is C16H24N2O2. The first kappa shape index (κ1) is 14.9. The van der Waals surface area contributed by atoms with E-state index in [-0.39, 0.29) is 17.6 Å². The quantitative estimate of drug-likeness (QED) is 0.903. The molecule has 0 spiro atoms. The van der Waals surface area contributed by atoms with Crippen molar-refractivity contribution in [2.45, 2.75) is 39.4 Å². The van der Waals surface area contributed by atoms with Crippen molar-refractivity contribution in [2.75, 3.05) is 25.5 Å². The van der Waals surface area contributed by atoms with Crippen LogP contribution in [0.25, 0.3) is 0 Å². The zero-order valence-corrected chi connectivity index (χ0v) is 13.0. The van der Waals surface area contributed by atoms with Crippen molar-refractivity contribution in [3.05, 3.63) is 29.3 Å². The molecule has 1 atom stereocenters. The highest BCUT2D eigenvalue weighted by Gasteiger charge is 2.34. The lowest BCUT2D eigenvalue weighted by Gasteiger charge is -2.41. The van der Waals surface area contributed by atoms with E-state index in [2.05, 4.69) is 5.32 Å². The van der Waals surface area contributed by atoms with Gasteiger partial charge in [-0.1, -0.05) is 6.07 Å². The Labute approximate surface area is 121 Å². The maximum Gasteiger partial charge on any atom is 0.256 e. The first-order chi connectivity index (χ1) is 9.32. The van der Waals surface area contributed by atoms with Crippen molar-refractivity contribution >= 4 is 11.6 Å². The summed E-state index contributed by atoms with van der Waals surface area (Å²) in [7, 11) is 1.84. The van der Waals surface area contributed by atoms with Gasteiger partial charge in [-0.15, -0.1) is 0 Å². The number of ether oxygens (including phenoxy) is 1.